The maximum atomic E-state index is 11.3. The molecule has 35 heavy (non-hydrogen) atoms. The lowest BCUT2D eigenvalue weighted by atomic mass is 10.0. The van der Waals surface area contributed by atoms with E-state index in [1.54, 1.807) is 6.20 Å². The van der Waals surface area contributed by atoms with Crippen LogP contribution in [0.3, 0.4) is 0 Å². The van der Waals surface area contributed by atoms with Gasteiger partial charge >= 0.3 is 5.97 Å². The molecule has 0 radical (unpaired) electrons. The second kappa shape index (κ2) is 21.8. The van der Waals surface area contributed by atoms with Gasteiger partial charge in [-0.3, -0.25) is 0 Å². The Morgan fingerprint density at radius 3 is 1.80 bits per heavy atom. The van der Waals surface area contributed by atoms with Gasteiger partial charge in [-0.25, -0.2) is 14.3 Å². The molecular weight excluding hydrogens is 434 g/mol. The molecule has 202 valence electrons. The maximum absolute atomic E-state index is 11.3. The van der Waals surface area contributed by atoms with E-state index in [0.717, 1.165) is 18.7 Å². The predicted octanol–water partition coefficient (Wildman–Crippen LogP) is 8.11. The first-order chi connectivity index (χ1) is 17.1. The van der Waals surface area contributed by atoms with Gasteiger partial charge in [-0.1, -0.05) is 109 Å². The number of hydrogen-bond donors (Lipinski definition) is 2. The SMILES string of the molecule is CCCCCCCCCCCCC/C=C/CCCCCCCCC1=NC=C[N+]1(CCN)CC(=O)O. The average Bonchev–Trinajstić information content (AvgIpc) is 3.21. The minimum Gasteiger partial charge on any atom is -0.477 e. The summed E-state index contributed by atoms with van der Waals surface area (Å²) in [6, 6.07) is 0. The zero-order valence-electron chi connectivity index (χ0n) is 22.9. The van der Waals surface area contributed by atoms with Gasteiger partial charge in [-0.05, 0) is 32.1 Å². The van der Waals surface area contributed by atoms with Crippen LogP contribution in [0.15, 0.2) is 29.5 Å². The number of amidine groups is 1. The Bertz CT molecular complexity index is 615. The van der Waals surface area contributed by atoms with Crippen molar-refractivity contribution in [1.29, 1.82) is 0 Å². The van der Waals surface area contributed by atoms with Crippen LogP contribution in [0.1, 0.15) is 135 Å². The molecule has 5 heteroatoms. The molecule has 1 unspecified atom stereocenters. The van der Waals surface area contributed by atoms with Gasteiger partial charge in [-0.15, -0.1) is 0 Å². The lowest BCUT2D eigenvalue weighted by Crippen LogP contribution is -2.52. The van der Waals surface area contributed by atoms with Crippen molar-refractivity contribution in [2.45, 2.75) is 135 Å². The normalized spacial score (nSPS) is 17.5. The molecular formula is C30H56N3O2+. The summed E-state index contributed by atoms with van der Waals surface area (Å²) in [5, 5.41) is 9.28. The first-order valence-electron chi connectivity index (χ1n) is 14.8. The van der Waals surface area contributed by atoms with Crippen LogP contribution >= 0.6 is 0 Å². The standard InChI is InChI=1S/C30H55N3O2/c1-2-3-4-5-6-7-8-9-10-11-12-13-14-15-16-17-18-19-20-21-22-23-29-32-25-27-33(29,26-24-31)28-30(34)35/h14-15,25,27H,2-13,16-24,26,28,31H2,1H3/p+1/b15-14+. The topological polar surface area (TPSA) is 75.7 Å². The summed E-state index contributed by atoms with van der Waals surface area (Å²) in [6.07, 6.45) is 34.7. The molecule has 0 saturated heterocycles. The highest BCUT2D eigenvalue weighted by molar-refractivity contribution is 5.81. The summed E-state index contributed by atoms with van der Waals surface area (Å²) >= 11 is 0. The van der Waals surface area contributed by atoms with Gasteiger partial charge in [-0.2, -0.15) is 0 Å². The number of hydrogen-bond acceptors (Lipinski definition) is 3. The Kier molecular flexibility index (Phi) is 19.7. The minimum absolute atomic E-state index is 0.0410. The number of nitrogens with two attached hydrogens (primary N) is 1. The fraction of sp³-hybridized carbons (Fsp3) is 0.800. The molecule has 1 aliphatic heterocycles. The number of aliphatic imine (C=N–C) groups is 1. The number of carboxylic acid groups (broad SMARTS) is 1. The van der Waals surface area contributed by atoms with Crippen molar-refractivity contribution in [1.82, 2.24) is 0 Å². The summed E-state index contributed by atoms with van der Waals surface area (Å²) in [7, 11) is 0. The quantitative estimate of drug-likeness (QED) is 0.0771. The third-order valence-corrected chi connectivity index (χ3v) is 7.20. The van der Waals surface area contributed by atoms with Crippen molar-refractivity contribution >= 4 is 11.8 Å². The number of nitrogens with zero attached hydrogens (tertiary/aromatic N) is 2. The van der Waals surface area contributed by atoms with Gasteiger partial charge in [0.1, 0.15) is 12.7 Å². The monoisotopic (exact) mass is 490 g/mol. The van der Waals surface area contributed by atoms with Gasteiger partial charge in [0.05, 0.1) is 6.20 Å². The van der Waals surface area contributed by atoms with Gasteiger partial charge in [0.25, 0.3) is 0 Å². The summed E-state index contributed by atoms with van der Waals surface area (Å²) in [5.74, 6) is 0.159. The van der Waals surface area contributed by atoms with E-state index in [9.17, 15) is 9.90 Å². The second-order valence-corrected chi connectivity index (χ2v) is 10.4. The molecule has 0 amide bonds. The Balaban J connectivity index is 1.90. The first-order valence-corrected chi connectivity index (χ1v) is 14.8. The van der Waals surface area contributed by atoms with E-state index < -0.39 is 5.97 Å². The molecule has 0 aliphatic carbocycles. The highest BCUT2D eigenvalue weighted by atomic mass is 16.4. The highest BCUT2D eigenvalue weighted by Crippen LogP contribution is 2.21. The Hall–Kier alpha value is -1.46. The fourth-order valence-corrected chi connectivity index (χ4v) is 5.05. The smallest absolute Gasteiger partial charge is 0.360 e. The van der Waals surface area contributed by atoms with E-state index in [1.807, 2.05) is 6.20 Å². The number of carbonyl (C=O) groups is 1. The number of unbranched alkanes of at least 4 members (excludes halogenated alkanes) is 17. The first kappa shape index (κ1) is 31.6. The molecule has 3 N–H and O–H groups in total. The van der Waals surface area contributed by atoms with Crippen molar-refractivity contribution in [3.05, 3.63) is 24.6 Å². The lowest BCUT2D eigenvalue weighted by Gasteiger charge is -2.30. The fourth-order valence-electron chi connectivity index (χ4n) is 5.05. The zero-order chi connectivity index (χ0) is 25.5. The van der Waals surface area contributed by atoms with Gasteiger partial charge in [0.15, 0.2) is 6.54 Å². The minimum atomic E-state index is -0.800. The van der Waals surface area contributed by atoms with Crippen LogP contribution in [-0.2, 0) is 4.79 Å². The molecule has 0 aromatic heterocycles. The van der Waals surface area contributed by atoms with Gasteiger partial charge < -0.3 is 10.8 Å². The van der Waals surface area contributed by atoms with Gasteiger partial charge in [0, 0.05) is 13.0 Å². The summed E-state index contributed by atoms with van der Waals surface area (Å²) in [4.78, 5) is 15.8. The molecule has 0 aromatic rings. The van der Waals surface area contributed by atoms with Crippen molar-refractivity contribution < 1.29 is 14.4 Å². The van der Waals surface area contributed by atoms with Crippen molar-refractivity contribution in [2.75, 3.05) is 19.6 Å². The largest absolute Gasteiger partial charge is 0.477 e. The second-order valence-electron chi connectivity index (χ2n) is 10.4. The number of aliphatic carboxylic acids is 1. The third-order valence-electron chi connectivity index (χ3n) is 7.20. The summed E-state index contributed by atoms with van der Waals surface area (Å²) in [5.41, 5.74) is 5.74. The molecule has 0 fully saturated rings. The van der Waals surface area contributed by atoms with E-state index in [2.05, 4.69) is 24.1 Å². The number of rotatable bonds is 25. The molecule has 1 heterocycles. The Labute approximate surface area is 216 Å². The van der Waals surface area contributed by atoms with Crippen LogP contribution in [0.4, 0.5) is 0 Å². The van der Waals surface area contributed by atoms with E-state index in [-0.39, 0.29) is 6.54 Å². The van der Waals surface area contributed by atoms with E-state index >= 15 is 0 Å². The van der Waals surface area contributed by atoms with Crippen molar-refractivity contribution in [3.63, 3.8) is 0 Å². The van der Waals surface area contributed by atoms with Crippen LogP contribution in [0.2, 0.25) is 0 Å². The Morgan fingerprint density at radius 2 is 1.31 bits per heavy atom. The van der Waals surface area contributed by atoms with E-state index in [0.29, 0.717) is 17.6 Å². The summed E-state index contributed by atoms with van der Waals surface area (Å²) < 4.78 is 0.303. The molecule has 5 nitrogen and oxygen atoms in total. The average molecular weight is 491 g/mol. The van der Waals surface area contributed by atoms with Crippen LogP contribution in [-0.4, -0.2) is 41.0 Å². The highest BCUT2D eigenvalue weighted by Gasteiger charge is 2.36. The van der Waals surface area contributed by atoms with E-state index in [4.69, 9.17) is 5.73 Å². The molecule has 1 atom stereocenters. The van der Waals surface area contributed by atoms with Gasteiger partial charge in [0.2, 0.25) is 5.84 Å². The predicted molar refractivity (Wildman–Crippen MR) is 150 cm³/mol. The third kappa shape index (κ3) is 16.0. The number of allylic oxidation sites excluding steroid dienone is 2. The maximum Gasteiger partial charge on any atom is 0.360 e. The molecule has 1 aliphatic rings. The van der Waals surface area contributed by atoms with Crippen molar-refractivity contribution in [2.24, 2.45) is 10.7 Å². The van der Waals surface area contributed by atoms with Crippen LogP contribution < -0.4 is 5.73 Å². The molecule has 0 bridgehead atoms. The van der Waals surface area contributed by atoms with E-state index in [1.165, 1.54) is 116 Å². The number of carboxylic acids is 1. The molecule has 0 aromatic carbocycles. The van der Waals surface area contributed by atoms with Crippen LogP contribution in [0.25, 0.3) is 0 Å². The number of quaternary nitrogens is 1. The Morgan fingerprint density at radius 1 is 0.829 bits per heavy atom. The lowest BCUT2D eigenvalue weighted by molar-refractivity contribution is -0.778. The molecule has 0 saturated carbocycles. The molecule has 0 spiro atoms. The summed E-state index contributed by atoms with van der Waals surface area (Å²) in [6.45, 7) is 3.39. The zero-order valence-corrected chi connectivity index (χ0v) is 22.9. The molecule has 1 rings (SSSR count). The van der Waals surface area contributed by atoms with Crippen molar-refractivity contribution in [3.8, 4) is 0 Å². The van der Waals surface area contributed by atoms with Crippen LogP contribution in [0.5, 0.6) is 0 Å². The van der Waals surface area contributed by atoms with Crippen LogP contribution in [0, 0.1) is 0 Å².